The lowest BCUT2D eigenvalue weighted by Gasteiger charge is -2.10. The van der Waals surface area contributed by atoms with E-state index in [4.69, 9.17) is 4.42 Å². The fourth-order valence-electron chi connectivity index (χ4n) is 6.76. The summed E-state index contributed by atoms with van der Waals surface area (Å²) in [6.45, 7) is 5.42. The summed E-state index contributed by atoms with van der Waals surface area (Å²) in [6.07, 6.45) is 5.58. The third kappa shape index (κ3) is 4.74. The van der Waals surface area contributed by atoms with Crippen molar-refractivity contribution in [1.82, 2.24) is 0 Å². The maximum atomic E-state index is 6.04. The lowest BCUT2D eigenvalue weighted by atomic mass is 9.94. The Hall–Kier alpha value is -5.92. The van der Waals surface area contributed by atoms with Gasteiger partial charge >= 0.3 is 0 Å². The van der Waals surface area contributed by atoms with Crippen molar-refractivity contribution in [2.24, 2.45) is 0 Å². The number of benzene rings is 7. The molecule has 1 aromatic heterocycles. The Labute approximate surface area is 269 Å². The highest BCUT2D eigenvalue weighted by atomic mass is 16.3. The third-order valence-corrected chi connectivity index (χ3v) is 8.94. The van der Waals surface area contributed by atoms with Gasteiger partial charge in [-0.2, -0.15) is 0 Å². The molecule has 8 aromatic rings. The summed E-state index contributed by atoms with van der Waals surface area (Å²) in [5.41, 5.74) is 14.5. The summed E-state index contributed by atoms with van der Waals surface area (Å²) in [6, 6.07) is 52.7. The van der Waals surface area contributed by atoms with Crippen molar-refractivity contribution >= 4 is 32.7 Å². The molecule has 9 rings (SSSR count). The van der Waals surface area contributed by atoms with Crippen LogP contribution in [0.15, 0.2) is 175 Å². The van der Waals surface area contributed by atoms with Crippen LogP contribution >= 0.6 is 0 Å². The zero-order valence-electron chi connectivity index (χ0n) is 25.7. The van der Waals surface area contributed by atoms with E-state index >= 15 is 0 Å². The number of para-hydroxylation sites is 1. The molecule has 0 radical (unpaired) electrons. The Kier molecular flexibility index (Phi) is 6.93. The average Bonchev–Trinajstić information content (AvgIpc) is 3.65. The molecular weight excluding hydrogens is 556 g/mol. The van der Waals surface area contributed by atoms with Crippen LogP contribution < -0.4 is 0 Å². The van der Waals surface area contributed by atoms with Gasteiger partial charge in [0.05, 0.1) is 0 Å². The molecule has 1 heteroatoms. The number of hydrogen-bond donors (Lipinski definition) is 0. The largest absolute Gasteiger partial charge is 0.456 e. The van der Waals surface area contributed by atoms with E-state index in [1.807, 2.05) is 31.2 Å². The van der Waals surface area contributed by atoms with Crippen molar-refractivity contribution in [3.63, 3.8) is 0 Å². The third-order valence-electron chi connectivity index (χ3n) is 8.94. The molecule has 0 fully saturated rings. The highest BCUT2D eigenvalue weighted by Gasteiger charge is 2.21. The SMILES string of the molecule is C=C/C=C\C.c1cc(-c2ccc(-c3cc4c5c(cccc5c3)-c3ccccc3-4)cc2)cc(-c2ccc3oc4ccccc4c3c2)c1. The van der Waals surface area contributed by atoms with E-state index in [0.717, 1.165) is 21.9 Å². The Bertz CT molecular complexity index is 2440. The first-order valence-corrected chi connectivity index (χ1v) is 15.7. The van der Waals surface area contributed by atoms with Gasteiger partial charge in [-0.3, -0.25) is 0 Å². The zero-order chi connectivity index (χ0) is 31.0. The number of fused-ring (bicyclic) bond motifs is 6. The fourth-order valence-corrected chi connectivity index (χ4v) is 6.76. The highest BCUT2D eigenvalue weighted by molar-refractivity contribution is 6.16. The van der Waals surface area contributed by atoms with Crippen LogP contribution in [-0.4, -0.2) is 0 Å². The molecule has 0 saturated heterocycles. The quantitative estimate of drug-likeness (QED) is 0.186. The first-order chi connectivity index (χ1) is 22.7. The normalized spacial score (nSPS) is 11.6. The second-order valence-electron chi connectivity index (χ2n) is 11.7. The van der Waals surface area contributed by atoms with Crippen LogP contribution in [0.5, 0.6) is 0 Å². The number of allylic oxidation sites excluding steroid dienone is 3. The van der Waals surface area contributed by atoms with E-state index in [-0.39, 0.29) is 0 Å². The Balaban J connectivity index is 0.000000583. The van der Waals surface area contributed by atoms with Gasteiger partial charge in [0.2, 0.25) is 0 Å². The summed E-state index contributed by atoms with van der Waals surface area (Å²) in [5, 5.41) is 4.97. The van der Waals surface area contributed by atoms with Gasteiger partial charge in [-0.25, -0.2) is 0 Å². The first-order valence-electron chi connectivity index (χ1n) is 15.7. The van der Waals surface area contributed by atoms with Crippen molar-refractivity contribution in [2.75, 3.05) is 0 Å². The van der Waals surface area contributed by atoms with Gasteiger partial charge in [-0.1, -0.05) is 134 Å². The maximum absolute atomic E-state index is 6.04. The Morgan fingerprint density at radius 1 is 0.457 bits per heavy atom. The van der Waals surface area contributed by atoms with Crippen LogP contribution in [0.2, 0.25) is 0 Å². The molecular formula is C45H32O. The van der Waals surface area contributed by atoms with E-state index in [1.165, 1.54) is 66.4 Å². The van der Waals surface area contributed by atoms with Crippen LogP contribution in [0.25, 0.3) is 88.3 Å². The monoisotopic (exact) mass is 588 g/mol. The van der Waals surface area contributed by atoms with Gasteiger partial charge in [0.1, 0.15) is 11.2 Å². The van der Waals surface area contributed by atoms with Crippen LogP contribution in [-0.2, 0) is 0 Å². The van der Waals surface area contributed by atoms with Crippen LogP contribution in [0.3, 0.4) is 0 Å². The van der Waals surface area contributed by atoms with Crippen molar-refractivity contribution in [3.8, 4) is 55.6 Å². The smallest absolute Gasteiger partial charge is 0.135 e. The molecule has 1 nitrogen and oxygen atoms in total. The molecule has 218 valence electrons. The second-order valence-corrected chi connectivity index (χ2v) is 11.7. The lowest BCUT2D eigenvalue weighted by Crippen LogP contribution is -1.84. The zero-order valence-corrected chi connectivity index (χ0v) is 25.7. The molecule has 0 bridgehead atoms. The minimum Gasteiger partial charge on any atom is -0.456 e. The van der Waals surface area contributed by atoms with Crippen LogP contribution in [0, 0.1) is 0 Å². The van der Waals surface area contributed by atoms with Crippen molar-refractivity contribution in [2.45, 2.75) is 6.92 Å². The lowest BCUT2D eigenvalue weighted by molar-refractivity contribution is 0.669. The van der Waals surface area contributed by atoms with Crippen molar-refractivity contribution in [3.05, 3.63) is 170 Å². The summed E-state index contributed by atoms with van der Waals surface area (Å²) >= 11 is 0. The predicted molar refractivity (Wildman–Crippen MR) is 197 cm³/mol. The van der Waals surface area contributed by atoms with E-state index < -0.39 is 0 Å². The van der Waals surface area contributed by atoms with Crippen LogP contribution in [0.4, 0.5) is 0 Å². The van der Waals surface area contributed by atoms with Gasteiger partial charge in [-0.15, -0.1) is 0 Å². The molecule has 1 aliphatic carbocycles. The van der Waals surface area contributed by atoms with Crippen molar-refractivity contribution in [1.29, 1.82) is 0 Å². The molecule has 7 aromatic carbocycles. The summed E-state index contributed by atoms with van der Waals surface area (Å²) in [4.78, 5) is 0. The number of rotatable bonds is 4. The predicted octanol–water partition coefficient (Wildman–Crippen LogP) is 13.1. The topological polar surface area (TPSA) is 13.1 Å². The van der Waals surface area contributed by atoms with Gasteiger partial charge in [-0.05, 0) is 110 Å². The van der Waals surface area contributed by atoms with E-state index in [1.54, 1.807) is 6.08 Å². The van der Waals surface area contributed by atoms with Crippen LogP contribution in [0.1, 0.15) is 6.92 Å². The Morgan fingerprint density at radius 2 is 1.07 bits per heavy atom. The van der Waals surface area contributed by atoms with E-state index in [2.05, 4.69) is 140 Å². The minimum atomic E-state index is 0.925. The highest BCUT2D eigenvalue weighted by Crippen LogP contribution is 2.48. The molecule has 0 spiro atoms. The van der Waals surface area contributed by atoms with Gasteiger partial charge in [0.15, 0.2) is 0 Å². The molecule has 1 aliphatic rings. The summed E-state index contributed by atoms with van der Waals surface area (Å²) < 4.78 is 6.04. The van der Waals surface area contributed by atoms with E-state index in [9.17, 15) is 0 Å². The Morgan fingerprint density at radius 3 is 1.83 bits per heavy atom. The van der Waals surface area contributed by atoms with Gasteiger partial charge < -0.3 is 4.42 Å². The van der Waals surface area contributed by atoms with Gasteiger partial charge in [0, 0.05) is 10.8 Å². The van der Waals surface area contributed by atoms with Crippen molar-refractivity contribution < 1.29 is 4.42 Å². The molecule has 1 heterocycles. The fraction of sp³-hybridized carbons (Fsp3) is 0.0222. The molecule has 0 unspecified atom stereocenters. The molecule has 0 saturated carbocycles. The molecule has 0 atom stereocenters. The molecule has 0 amide bonds. The first kappa shape index (κ1) is 27.6. The molecule has 0 N–H and O–H groups in total. The summed E-state index contributed by atoms with van der Waals surface area (Å²) in [5.74, 6) is 0. The standard InChI is InChI=1S/C40H24O.C5H8/c1-2-11-33-32(10-1)35-13-6-9-30-22-31(24-37(33)40(30)35)26-17-15-25(16-18-26)27-7-5-8-28(21-27)29-19-20-39-36(23-29)34-12-3-4-14-38(34)41-39;1-3-5-4-2/h1-24H;3-5H,1H2,2H3/b;5-4-. The van der Waals surface area contributed by atoms with Gasteiger partial charge in [0.25, 0.3) is 0 Å². The van der Waals surface area contributed by atoms with E-state index in [0.29, 0.717) is 0 Å². The maximum Gasteiger partial charge on any atom is 0.135 e. The second kappa shape index (κ2) is 11.5. The number of hydrogen-bond acceptors (Lipinski definition) is 1. The molecule has 46 heavy (non-hydrogen) atoms. The average molecular weight is 589 g/mol. The summed E-state index contributed by atoms with van der Waals surface area (Å²) in [7, 11) is 0. The minimum absolute atomic E-state index is 0.925. The molecule has 0 aliphatic heterocycles. The number of furan rings is 1.